The Morgan fingerprint density at radius 1 is 0.933 bits per heavy atom. The molecule has 0 aliphatic rings. The molecule has 0 aromatic carbocycles. The van der Waals surface area contributed by atoms with Gasteiger partial charge >= 0.3 is 0 Å². The first-order chi connectivity index (χ1) is 7.16. The van der Waals surface area contributed by atoms with Gasteiger partial charge in [0.1, 0.15) is 0 Å². The fourth-order valence-electron chi connectivity index (χ4n) is 1.08. The third-order valence-electron chi connectivity index (χ3n) is 1.42. The van der Waals surface area contributed by atoms with E-state index in [2.05, 4.69) is 49.0 Å². The highest BCUT2D eigenvalue weighted by molar-refractivity contribution is 4.53. The second-order valence-corrected chi connectivity index (χ2v) is 3.43. The highest BCUT2D eigenvalue weighted by Gasteiger charge is 2.06. The number of rotatable bonds is 10. The molecule has 0 aromatic heterocycles. The van der Waals surface area contributed by atoms with Crippen molar-refractivity contribution in [1.29, 1.82) is 0 Å². The maximum atomic E-state index is 7.57. The van der Waals surface area contributed by atoms with Crippen molar-refractivity contribution >= 4 is 0 Å². The predicted octanol–water partition coefficient (Wildman–Crippen LogP) is 1.75. The van der Waals surface area contributed by atoms with Crippen molar-refractivity contribution in [2.24, 2.45) is 11.8 Å². The average molecular weight is 228 g/mol. The van der Waals surface area contributed by atoms with E-state index in [-0.39, 0.29) is 0 Å². The molecule has 1 unspecified atom stereocenters. The van der Waals surface area contributed by atoms with Crippen LogP contribution in [0.1, 0.15) is 27.2 Å². The first-order valence-electron chi connectivity index (χ1n) is 4.43. The van der Waals surface area contributed by atoms with Crippen molar-refractivity contribution in [3.63, 3.8) is 0 Å². The molecule has 92 valence electrons. The van der Waals surface area contributed by atoms with Crippen LogP contribution >= 0.6 is 0 Å². The van der Waals surface area contributed by atoms with Crippen LogP contribution < -0.4 is 0 Å². The summed E-state index contributed by atoms with van der Waals surface area (Å²) in [5, 5.41) is 29.1. The largest absolute Gasteiger partial charge is 0.219 e. The smallest absolute Gasteiger partial charge is 0.0880 e. The summed E-state index contributed by atoms with van der Waals surface area (Å²) in [5.41, 5.74) is 0. The molecule has 0 radical (unpaired) electrons. The van der Waals surface area contributed by atoms with Crippen LogP contribution in [0.2, 0.25) is 0 Å². The van der Waals surface area contributed by atoms with Crippen LogP contribution in [0.4, 0.5) is 0 Å². The molecule has 8 heteroatoms. The summed E-state index contributed by atoms with van der Waals surface area (Å²) >= 11 is 0. The highest BCUT2D eigenvalue weighted by Crippen LogP contribution is 2.10. The summed E-state index contributed by atoms with van der Waals surface area (Å²) in [5.74, 6) is 0.908. The third-order valence-corrected chi connectivity index (χ3v) is 1.42. The average Bonchev–Trinajstić information content (AvgIpc) is 2.15. The molecule has 0 bridgehead atoms. The molecule has 0 amide bonds. The molecule has 0 rings (SSSR count). The molecule has 15 heavy (non-hydrogen) atoms. The normalized spacial score (nSPS) is 13.4. The zero-order valence-electron chi connectivity index (χ0n) is 8.87. The van der Waals surface area contributed by atoms with Gasteiger partial charge in [-0.2, -0.15) is 0 Å². The third kappa shape index (κ3) is 11.6. The Bertz CT molecular complexity index is 130. The Labute approximate surface area is 87.0 Å². The van der Waals surface area contributed by atoms with Gasteiger partial charge in [0.2, 0.25) is 0 Å². The Kier molecular flexibility index (Phi) is 9.99. The van der Waals surface area contributed by atoms with Crippen molar-refractivity contribution in [2.45, 2.75) is 27.2 Å². The molecule has 0 aliphatic carbocycles. The van der Waals surface area contributed by atoms with E-state index in [1.54, 1.807) is 0 Å². The van der Waals surface area contributed by atoms with Crippen LogP contribution in [0, 0.1) is 11.8 Å². The molecule has 0 aliphatic heterocycles. The van der Waals surface area contributed by atoms with Crippen LogP contribution in [0.5, 0.6) is 0 Å². The summed E-state index contributed by atoms with van der Waals surface area (Å²) < 4.78 is 0. The van der Waals surface area contributed by atoms with E-state index in [1.807, 2.05) is 6.92 Å². The number of hydrogen-bond acceptors (Lipinski definition) is 8. The minimum atomic E-state index is 0.326. The fourth-order valence-corrected chi connectivity index (χ4v) is 1.08. The first-order valence-corrected chi connectivity index (χ1v) is 4.43. The lowest BCUT2D eigenvalue weighted by Gasteiger charge is -2.11. The highest BCUT2D eigenvalue weighted by atomic mass is 17.9. The van der Waals surface area contributed by atoms with Gasteiger partial charge < -0.3 is 0 Å². The molecule has 0 saturated carbocycles. The van der Waals surface area contributed by atoms with Crippen molar-refractivity contribution in [3.05, 3.63) is 0 Å². The van der Waals surface area contributed by atoms with Crippen molar-refractivity contribution in [3.8, 4) is 0 Å². The van der Waals surface area contributed by atoms with Gasteiger partial charge in [-0.25, -0.2) is 10.1 Å². The summed E-state index contributed by atoms with van der Waals surface area (Å²) in [6.45, 7) is 6.57. The first kappa shape index (κ1) is 14.7. The van der Waals surface area contributed by atoms with Crippen LogP contribution in [0.15, 0.2) is 0 Å². The maximum absolute atomic E-state index is 7.57. The van der Waals surface area contributed by atoms with E-state index < -0.39 is 0 Å². The molecule has 0 aromatic rings. The second kappa shape index (κ2) is 10.2. The van der Waals surface area contributed by atoms with Crippen molar-refractivity contribution < 1.29 is 40.4 Å². The Morgan fingerprint density at radius 3 is 2.13 bits per heavy atom. The van der Waals surface area contributed by atoms with Gasteiger partial charge in [0, 0.05) is 0 Å². The van der Waals surface area contributed by atoms with Crippen LogP contribution in [0.3, 0.4) is 0 Å². The SMILES string of the molecule is CC(C)CC(C)COOOOOOOO. The lowest BCUT2D eigenvalue weighted by Crippen LogP contribution is -2.10. The Hall–Kier alpha value is -0.320. The minimum Gasteiger partial charge on any atom is -0.219 e. The minimum absolute atomic E-state index is 0.326. The topological polar surface area (TPSA) is 84.8 Å². The summed E-state index contributed by atoms with van der Waals surface area (Å²) in [6.07, 6.45) is 1.00. The summed E-state index contributed by atoms with van der Waals surface area (Å²) in [4.78, 5) is 4.59. The van der Waals surface area contributed by atoms with Crippen molar-refractivity contribution in [2.75, 3.05) is 6.61 Å². The molecule has 0 fully saturated rings. The van der Waals surface area contributed by atoms with E-state index in [4.69, 9.17) is 5.26 Å². The van der Waals surface area contributed by atoms with Gasteiger partial charge in [-0.3, -0.25) is 0 Å². The van der Waals surface area contributed by atoms with Gasteiger partial charge in [-0.15, -0.1) is 0 Å². The summed E-state index contributed by atoms with van der Waals surface area (Å²) in [7, 11) is 0. The number of hydrogen-bond donors (Lipinski definition) is 1. The van der Waals surface area contributed by atoms with E-state index in [9.17, 15) is 0 Å². The standard InChI is InChI=1S/C7H16O8/c1-6(2)4-7(3)5-9-11-13-15-14-12-10-8/h6-8H,4-5H2,1-3H3. The molecule has 0 saturated heterocycles. The molecule has 0 spiro atoms. The second-order valence-electron chi connectivity index (χ2n) is 3.43. The van der Waals surface area contributed by atoms with Crippen LogP contribution in [-0.4, -0.2) is 11.9 Å². The molecular formula is C7H16O8. The predicted molar refractivity (Wildman–Crippen MR) is 43.7 cm³/mol. The van der Waals surface area contributed by atoms with E-state index >= 15 is 0 Å². The lowest BCUT2D eigenvalue weighted by atomic mass is 10.0. The fraction of sp³-hybridized carbons (Fsp3) is 1.00. The molecule has 1 atom stereocenters. The molecule has 1 N–H and O–H groups in total. The maximum Gasteiger partial charge on any atom is 0.0880 e. The molecule has 8 nitrogen and oxygen atoms in total. The molecule has 0 heterocycles. The van der Waals surface area contributed by atoms with Crippen LogP contribution in [0.25, 0.3) is 0 Å². The van der Waals surface area contributed by atoms with E-state index in [1.165, 1.54) is 0 Å². The summed E-state index contributed by atoms with van der Waals surface area (Å²) in [6, 6.07) is 0. The van der Waals surface area contributed by atoms with Gasteiger partial charge in [0.15, 0.2) is 0 Å². The zero-order chi connectivity index (χ0) is 11.5. The monoisotopic (exact) mass is 228 g/mol. The van der Waals surface area contributed by atoms with E-state index in [0.29, 0.717) is 18.4 Å². The van der Waals surface area contributed by atoms with Gasteiger partial charge in [-0.05, 0) is 48.5 Å². The van der Waals surface area contributed by atoms with E-state index in [0.717, 1.165) is 6.42 Å². The van der Waals surface area contributed by atoms with Crippen molar-refractivity contribution in [1.82, 2.24) is 0 Å². The van der Waals surface area contributed by atoms with Gasteiger partial charge in [-0.1, -0.05) is 20.8 Å². The van der Waals surface area contributed by atoms with Gasteiger partial charge in [0.25, 0.3) is 0 Å². The zero-order valence-corrected chi connectivity index (χ0v) is 8.87. The quantitative estimate of drug-likeness (QED) is 0.344. The van der Waals surface area contributed by atoms with Crippen LogP contribution in [-0.2, 0) is 35.1 Å². The Balaban J connectivity index is 3.09. The molecular weight excluding hydrogens is 212 g/mol. The lowest BCUT2D eigenvalue weighted by molar-refractivity contribution is -0.812. The Morgan fingerprint density at radius 2 is 1.53 bits per heavy atom. The van der Waals surface area contributed by atoms with Gasteiger partial charge in [0.05, 0.1) is 6.61 Å².